The Morgan fingerprint density at radius 2 is 2.00 bits per heavy atom. The van der Waals surface area contributed by atoms with Crippen LogP contribution in [0.1, 0.15) is 36.4 Å². The molecular weight excluding hydrogens is 351 g/mol. The van der Waals surface area contributed by atoms with Crippen LogP contribution >= 0.6 is 11.5 Å². The molecule has 3 rings (SSSR count). The summed E-state index contributed by atoms with van der Waals surface area (Å²) in [4.78, 5) is 18.3. The number of aryl methyl sites for hydroxylation is 1. The Morgan fingerprint density at radius 3 is 2.62 bits per heavy atom. The Kier molecular flexibility index (Phi) is 5.98. The molecular formula is C19H25FN4OS. The fourth-order valence-electron chi connectivity index (χ4n) is 3.34. The molecule has 1 fully saturated rings. The smallest absolute Gasteiger partial charge is 0.224 e. The monoisotopic (exact) mass is 376 g/mol. The quantitative estimate of drug-likeness (QED) is 0.804. The van der Waals surface area contributed by atoms with Gasteiger partial charge in [-0.15, -0.1) is 5.10 Å². The van der Waals surface area contributed by atoms with Crippen molar-refractivity contribution >= 4 is 17.4 Å². The van der Waals surface area contributed by atoms with Crippen LogP contribution in [0.15, 0.2) is 24.3 Å². The molecule has 1 amide bonds. The minimum atomic E-state index is -0.254. The van der Waals surface area contributed by atoms with E-state index in [1.165, 1.54) is 23.7 Å². The zero-order chi connectivity index (χ0) is 18.7. The van der Waals surface area contributed by atoms with Gasteiger partial charge >= 0.3 is 0 Å². The first-order valence-corrected chi connectivity index (χ1v) is 9.75. The number of nitrogens with zero attached hydrogens (tertiary/aromatic N) is 4. The molecule has 26 heavy (non-hydrogen) atoms. The number of halogens is 1. The van der Waals surface area contributed by atoms with E-state index in [0.29, 0.717) is 18.9 Å². The Balaban J connectivity index is 1.77. The Hall–Kier alpha value is -1.86. The summed E-state index contributed by atoms with van der Waals surface area (Å²) in [6, 6.07) is 6.54. The van der Waals surface area contributed by atoms with E-state index in [2.05, 4.69) is 28.3 Å². The number of benzene rings is 1. The summed E-state index contributed by atoms with van der Waals surface area (Å²) < 4.78 is 17.2. The third kappa shape index (κ3) is 4.45. The average molecular weight is 377 g/mol. The van der Waals surface area contributed by atoms with E-state index in [1.54, 1.807) is 12.1 Å². The molecule has 0 saturated carbocycles. The van der Waals surface area contributed by atoms with E-state index in [-0.39, 0.29) is 17.8 Å². The summed E-state index contributed by atoms with van der Waals surface area (Å²) in [5, 5.41) is 4.09. The molecule has 1 saturated heterocycles. The summed E-state index contributed by atoms with van der Waals surface area (Å²) >= 11 is 1.43. The first-order chi connectivity index (χ1) is 12.4. The highest BCUT2D eigenvalue weighted by Crippen LogP contribution is 2.23. The topological polar surface area (TPSA) is 49.3 Å². The minimum Gasteiger partial charge on any atom is -0.334 e. The van der Waals surface area contributed by atoms with Gasteiger partial charge in [-0.1, -0.05) is 30.5 Å². The molecule has 140 valence electrons. The van der Waals surface area contributed by atoms with Gasteiger partial charge in [0.05, 0.1) is 10.6 Å². The average Bonchev–Trinajstić information content (AvgIpc) is 2.94. The second kappa shape index (κ2) is 8.22. The van der Waals surface area contributed by atoms with Crippen LogP contribution < -0.4 is 0 Å². The molecule has 2 heterocycles. The fourth-order valence-corrected chi connectivity index (χ4v) is 4.02. The lowest BCUT2D eigenvalue weighted by atomic mass is 10.0. The summed E-state index contributed by atoms with van der Waals surface area (Å²) in [5.41, 5.74) is 1.93. The number of aromatic nitrogens is 2. The Bertz CT molecular complexity index is 746. The zero-order valence-electron chi connectivity index (χ0n) is 15.5. The van der Waals surface area contributed by atoms with Gasteiger partial charge in [0.15, 0.2) is 0 Å². The first-order valence-electron chi connectivity index (χ1n) is 8.98. The molecule has 1 atom stereocenters. The van der Waals surface area contributed by atoms with Crippen molar-refractivity contribution in [3.63, 3.8) is 0 Å². The maximum absolute atomic E-state index is 13.2. The molecule has 0 bridgehead atoms. The van der Waals surface area contributed by atoms with Crippen molar-refractivity contribution in [2.24, 2.45) is 5.92 Å². The molecule has 0 N–H and O–H groups in total. The molecule has 0 spiro atoms. The molecule has 1 aromatic heterocycles. The van der Waals surface area contributed by atoms with Crippen molar-refractivity contribution in [2.75, 3.05) is 13.1 Å². The van der Waals surface area contributed by atoms with Crippen molar-refractivity contribution in [3.8, 4) is 0 Å². The van der Waals surface area contributed by atoms with Gasteiger partial charge in [-0.25, -0.2) is 4.39 Å². The molecule has 0 unspecified atom stereocenters. The maximum Gasteiger partial charge on any atom is 0.224 e. The predicted molar refractivity (Wildman–Crippen MR) is 100 cm³/mol. The molecule has 1 aromatic carbocycles. The van der Waals surface area contributed by atoms with Crippen LogP contribution in [0.5, 0.6) is 0 Å². The Morgan fingerprint density at radius 1 is 1.27 bits per heavy atom. The van der Waals surface area contributed by atoms with Gasteiger partial charge in [0, 0.05) is 38.6 Å². The van der Waals surface area contributed by atoms with Gasteiger partial charge in [-0.2, -0.15) is 0 Å². The maximum atomic E-state index is 13.2. The number of carbonyl (C=O) groups is 1. The fraction of sp³-hybridized carbons (Fsp3) is 0.526. The molecule has 0 radical (unpaired) electrons. The van der Waals surface area contributed by atoms with E-state index in [1.807, 2.05) is 11.8 Å². The lowest BCUT2D eigenvalue weighted by Crippen LogP contribution is -2.45. The molecule has 0 aliphatic carbocycles. The Labute approximate surface area is 158 Å². The van der Waals surface area contributed by atoms with Crippen LogP contribution in [0.3, 0.4) is 0 Å². The highest BCUT2D eigenvalue weighted by Gasteiger charge is 2.32. The number of hydrogen-bond acceptors (Lipinski definition) is 5. The number of carbonyl (C=O) groups excluding carboxylic acids is 1. The van der Waals surface area contributed by atoms with Gasteiger partial charge in [0.2, 0.25) is 5.91 Å². The van der Waals surface area contributed by atoms with Crippen molar-refractivity contribution < 1.29 is 9.18 Å². The van der Waals surface area contributed by atoms with Crippen LogP contribution in [0.4, 0.5) is 4.39 Å². The molecule has 7 heteroatoms. The molecule has 1 aliphatic rings. The van der Waals surface area contributed by atoms with Crippen LogP contribution in [-0.2, 0) is 17.9 Å². The van der Waals surface area contributed by atoms with E-state index in [9.17, 15) is 9.18 Å². The third-order valence-corrected chi connectivity index (χ3v) is 5.76. The number of hydrogen-bond donors (Lipinski definition) is 0. The molecule has 1 aliphatic heterocycles. The predicted octanol–water partition coefficient (Wildman–Crippen LogP) is 3.24. The van der Waals surface area contributed by atoms with Gasteiger partial charge in [0.1, 0.15) is 5.82 Å². The largest absolute Gasteiger partial charge is 0.334 e. The number of rotatable bonds is 5. The van der Waals surface area contributed by atoms with E-state index >= 15 is 0 Å². The third-order valence-electron chi connectivity index (χ3n) is 4.96. The van der Waals surface area contributed by atoms with E-state index in [4.69, 9.17) is 0 Å². The van der Waals surface area contributed by atoms with E-state index in [0.717, 1.165) is 35.8 Å². The van der Waals surface area contributed by atoms with Crippen LogP contribution in [0.2, 0.25) is 0 Å². The van der Waals surface area contributed by atoms with Crippen LogP contribution in [0, 0.1) is 18.7 Å². The standard InChI is InChI=1S/C19H25FN4OS/c1-13(2)17-11-23(12-18-14(3)21-22-26-18)9-8-19(25)24(17)10-15-4-6-16(20)7-5-15/h4-7,13,17H,8-12H2,1-3H3/t17-/m0/s1. The van der Waals surface area contributed by atoms with Crippen molar-refractivity contribution in [3.05, 3.63) is 46.2 Å². The summed E-state index contributed by atoms with van der Waals surface area (Å²) in [7, 11) is 0. The summed E-state index contributed by atoms with van der Waals surface area (Å²) in [6.45, 7) is 9.14. The van der Waals surface area contributed by atoms with Crippen molar-refractivity contribution in [2.45, 2.75) is 46.3 Å². The summed E-state index contributed by atoms with van der Waals surface area (Å²) in [5.74, 6) is 0.242. The minimum absolute atomic E-state index is 0.122. The second-order valence-corrected chi connectivity index (χ2v) is 8.06. The highest BCUT2D eigenvalue weighted by molar-refractivity contribution is 7.05. The highest BCUT2D eigenvalue weighted by atomic mass is 32.1. The lowest BCUT2D eigenvalue weighted by molar-refractivity contribution is -0.134. The van der Waals surface area contributed by atoms with Crippen molar-refractivity contribution in [1.29, 1.82) is 0 Å². The van der Waals surface area contributed by atoms with Crippen LogP contribution in [0.25, 0.3) is 0 Å². The van der Waals surface area contributed by atoms with Gasteiger partial charge in [-0.05, 0) is 42.1 Å². The first kappa shape index (κ1) is 18.9. The van der Waals surface area contributed by atoms with Crippen LogP contribution in [-0.4, -0.2) is 44.4 Å². The van der Waals surface area contributed by atoms with E-state index < -0.39 is 0 Å². The van der Waals surface area contributed by atoms with Gasteiger partial charge in [-0.3, -0.25) is 9.69 Å². The SMILES string of the molecule is Cc1nnsc1CN1CCC(=O)N(Cc2ccc(F)cc2)[C@H](C(C)C)C1. The summed E-state index contributed by atoms with van der Waals surface area (Å²) in [6.07, 6.45) is 0.496. The van der Waals surface area contributed by atoms with Crippen molar-refractivity contribution in [1.82, 2.24) is 19.4 Å². The zero-order valence-corrected chi connectivity index (χ0v) is 16.3. The molecule has 5 nitrogen and oxygen atoms in total. The number of amides is 1. The molecule has 2 aromatic rings. The lowest BCUT2D eigenvalue weighted by Gasteiger charge is -2.34. The van der Waals surface area contributed by atoms with Gasteiger partial charge in [0.25, 0.3) is 0 Å². The van der Waals surface area contributed by atoms with Gasteiger partial charge < -0.3 is 4.90 Å². The second-order valence-electron chi connectivity index (χ2n) is 7.23. The normalized spacial score (nSPS) is 19.2.